The van der Waals surface area contributed by atoms with Crippen LogP contribution in [-0.2, 0) is 11.2 Å². The lowest BCUT2D eigenvalue weighted by atomic mass is 9.94. The van der Waals surface area contributed by atoms with E-state index in [0.717, 1.165) is 25.3 Å². The molecule has 1 saturated carbocycles. The van der Waals surface area contributed by atoms with E-state index in [1.807, 2.05) is 0 Å². The van der Waals surface area contributed by atoms with Gasteiger partial charge in [-0.3, -0.25) is 4.79 Å². The van der Waals surface area contributed by atoms with E-state index in [2.05, 4.69) is 34.9 Å². The van der Waals surface area contributed by atoms with Crippen LogP contribution in [-0.4, -0.2) is 19.0 Å². The van der Waals surface area contributed by atoms with Gasteiger partial charge in [0, 0.05) is 19.0 Å². The number of carbonyl (C=O) groups is 1. The zero-order chi connectivity index (χ0) is 14.5. The molecule has 1 fully saturated rings. The molecule has 1 aromatic rings. The molecule has 1 aromatic carbocycles. The Hall–Kier alpha value is -1.35. The summed E-state index contributed by atoms with van der Waals surface area (Å²) in [5, 5.41) is 6.63. The molecule has 0 spiro atoms. The molecule has 0 bridgehead atoms. The second-order valence-corrected chi connectivity index (χ2v) is 6.45. The molecule has 1 aliphatic heterocycles. The minimum absolute atomic E-state index is 0.215. The van der Waals surface area contributed by atoms with Gasteiger partial charge in [0.05, 0.1) is 0 Å². The highest BCUT2D eigenvalue weighted by Crippen LogP contribution is 2.28. The Labute approximate surface area is 127 Å². The summed E-state index contributed by atoms with van der Waals surface area (Å²) in [5.74, 6) is 1.01. The van der Waals surface area contributed by atoms with Crippen LogP contribution in [0.5, 0.6) is 0 Å². The summed E-state index contributed by atoms with van der Waals surface area (Å²) in [6.45, 7) is 1.71. The van der Waals surface area contributed by atoms with Crippen LogP contribution in [0.15, 0.2) is 24.3 Å². The van der Waals surface area contributed by atoms with Crippen molar-refractivity contribution >= 4 is 5.91 Å². The van der Waals surface area contributed by atoms with Crippen molar-refractivity contribution in [3.8, 4) is 0 Å². The lowest BCUT2D eigenvalue weighted by molar-refractivity contribution is -0.121. The van der Waals surface area contributed by atoms with Crippen LogP contribution in [0.1, 0.15) is 55.7 Å². The molecule has 0 saturated heterocycles. The third kappa shape index (κ3) is 3.85. The first-order valence-electron chi connectivity index (χ1n) is 8.41. The summed E-state index contributed by atoms with van der Waals surface area (Å²) in [6.07, 6.45) is 8.21. The molecule has 0 radical (unpaired) electrons. The van der Waals surface area contributed by atoms with Gasteiger partial charge in [-0.05, 0) is 36.4 Å². The molecule has 1 amide bonds. The first-order chi connectivity index (χ1) is 10.3. The van der Waals surface area contributed by atoms with Crippen molar-refractivity contribution in [2.45, 2.75) is 51.0 Å². The molecule has 3 rings (SSSR count). The zero-order valence-electron chi connectivity index (χ0n) is 12.7. The topological polar surface area (TPSA) is 41.1 Å². The predicted molar refractivity (Wildman–Crippen MR) is 85.1 cm³/mol. The quantitative estimate of drug-likeness (QED) is 0.874. The maximum absolute atomic E-state index is 12.0. The van der Waals surface area contributed by atoms with Crippen LogP contribution < -0.4 is 10.6 Å². The number of benzene rings is 1. The maximum Gasteiger partial charge on any atom is 0.220 e. The van der Waals surface area contributed by atoms with E-state index in [9.17, 15) is 4.79 Å². The van der Waals surface area contributed by atoms with Crippen molar-refractivity contribution in [3.05, 3.63) is 35.4 Å². The fourth-order valence-corrected chi connectivity index (χ4v) is 3.71. The highest BCUT2D eigenvalue weighted by atomic mass is 16.1. The summed E-state index contributed by atoms with van der Waals surface area (Å²) < 4.78 is 0. The van der Waals surface area contributed by atoms with E-state index in [4.69, 9.17) is 0 Å². The van der Waals surface area contributed by atoms with E-state index < -0.39 is 0 Å². The lowest BCUT2D eigenvalue weighted by Crippen LogP contribution is -2.38. The minimum atomic E-state index is 0.215. The molecule has 114 valence electrons. The van der Waals surface area contributed by atoms with Crippen LogP contribution in [0, 0.1) is 5.92 Å². The Bertz CT molecular complexity index is 480. The van der Waals surface area contributed by atoms with Crippen molar-refractivity contribution in [1.82, 2.24) is 10.6 Å². The smallest absolute Gasteiger partial charge is 0.220 e. The van der Waals surface area contributed by atoms with Crippen LogP contribution in [0.3, 0.4) is 0 Å². The third-order valence-electron chi connectivity index (χ3n) is 4.97. The van der Waals surface area contributed by atoms with Crippen LogP contribution >= 0.6 is 0 Å². The second-order valence-electron chi connectivity index (χ2n) is 6.45. The average molecular weight is 286 g/mol. The molecule has 1 heterocycles. The van der Waals surface area contributed by atoms with Gasteiger partial charge in [0.15, 0.2) is 0 Å². The zero-order valence-corrected chi connectivity index (χ0v) is 12.7. The molecule has 0 aromatic heterocycles. The lowest BCUT2D eigenvalue weighted by Gasteiger charge is -2.27. The van der Waals surface area contributed by atoms with Gasteiger partial charge in [-0.15, -0.1) is 0 Å². The molecular weight excluding hydrogens is 260 g/mol. The van der Waals surface area contributed by atoms with Crippen molar-refractivity contribution in [3.63, 3.8) is 0 Å². The number of nitrogens with one attached hydrogen (secondary N) is 2. The van der Waals surface area contributed by atoms with Gasteiger partial charge < -0.3 is 10.6 Å². The van der Waals surface area contributed by atoms with E-state index >= 15 is 0 Å². The fourth-order valence-electron chi connectivity index (χ4n) is 3.71. The minimum Gasteiger partial charge on any atom is -0.354 e. The highest BCUT2D eigenvalue weighted by Gasteiger charge is 2.20. The summed E-state index contributed by atoms with van der Waals surface area (Å²) >= 11 is 0. The first-order valence-corrected chi connectivity index (χ1v) is 8.41. The predicted octanol–water partition coefficient (Wildman–Crippen LogP) is 2.96. The molecular formula is C18H26N2O. The molecule has 2 aliphatic rings. The molecule has 1 aliphatic carbocycles. The van der Waals surface area contributed by atoms with Gasteiger partial charge in [0.2, 0.25) is 5.91 Å². The van der Waals surface area contributed by atoms with E-state index in [0.29, 0.717) is 13.0 Å². The standard InChI is InChI=1S/C18H26N2O/c21-18(10-9-14-5-1-2-6-14)20-13-17-16-8-4-3-7-15(16)11-12-19-17/h3-4,7-8,14,17,19H,1-2,5-6,9-13H2,(H,20,21). The molecule has 1 unspecified atom stereocenters. The van der Waals surface area contributed by atoms with Gasteiger partial charge in [0.25, 0.3) is 0 Å². The highest BCUT2D eigenvalue weighted by molar-refractivity contribution is 5.75. The first kappa shape index (κ1) is 14.6. The monoisotopic (exact) mass is 286 g/mol. The molecule has 3 nitrogen and oxygen atoms in total. The van der Waals surface area contributed by atoms with Crippen molar-refractivity contribution < 1.29 is 4.79 Å². The van der Waals surface area contributed by atoms with Gasteiger partial charge >= 0.3 is 0 Å². The normalized spacial score (nSPS) is 22.0. The fraction of sp³-hybridized carbons (Fsp3) is 0.611. The summed E-state index contributed by atoms with van der Waals surface area (Å²) in [6, 6.07) is 8.83. The van der Waals surface area contributed by atoms with Crippen molar-refractivity contribution in [2.75, 3.05) is 13.1 Å². The molecule has 2 N–H and O–H groups in total. The summed E-state index contributed by atoms with van der Waals surface area (Å²) in [4.78, 5) is 12.0. The summed E-state index contributed by atoms with van der Waals surface area (Å²) in [7, 11) is 0. The second kappa shape index (κ2) is 7.08. The van der Waals surface area contributed by atoms with Gasteiger partial charge in [0.1, 0.15) is 0 Å². The van der Waals surface area contributed by atoms with Crippen molar-refractivity contribution in [2.24, 2.45) is 5.92 Å². The van der Waals surface area contributed by atoms with Crippen molar-refractivity contribution in [1.29, 1.82) is 0 Å². The van der Waals surface area contributed by atoms with Gasteiger partial charge in [-0.25, -0.2) is 0 Å². The van der Waals surface area contributed by atoms with E-state index in [-0.39, 0.29) is 11.9 Å². The molecule has 1 atom stereocenters. The number of carbonyl (C=O) groups excluding carboxylic acids is 1. The molecule has 3 heteroatoms. The SMILES string of the molecule is O=C(CCC1CCCC1)NCC1NCCc2ccccc21. The Kier molecular flexibility index (Phi) is 4.91. The number of hydrogen-bond donors (Lipinski definition) is 2. The van der Waals surface area contributed by atoms with Crippen LogP contribution in [0.2, 0.25) is 0 Å². The van der Waals surface area contributed by atoms with Crippen LogP contribution in [0.25, 0.3) is 0 Å². The average Bonchev–Trinajstić information content (AvgIpc) is 3.04. The number of hydrogen-bond acceptors (Lipinski definition) is 2. The van der Waals surface area contributed by atoms with Crippen LogP contribution in [0.4, 0.5) is 0 Å². The molecule has 21 heavy (non-hydrogen) atoms. The Morgan fingerprint density at radius 1 is 1.24 bits per heavy atom. The third-order valence-corrected chi connectivity index (χ3v) is 4.97. The van der Waals surface area contributed by atoms with E-state index in [1.165, 1.54) is 36.8 Å². The number of rotatable bonds is 5. The number of amides is 1. The Morgan fingerprint density at radius 3 is 2.90 bits per heavy atom. The Morgan fingerprint density at radius 2 is 2.05 bits per heavy atom. The van der Waals surface area contributed by atoms with Gasteiger partial charge in [-0.2, -0.15) is 0 Å². The Balaban J connectivity index is 1.45. The van der Waals surface area contributed by atoms with E-state index in [1.54, 1.807) is 0 Å². The maximum atomic E-state index is 12.0. The summed E-state index contributed by atoms with van der Waals surface area (Å²) in [5.41, 5.74) is 2.77. The largest absolute Gasteiger partial charge is 0.354 e. The van der Waals surface area contributed by atoms with Gasteiger partial charge in [-0.1, -0.05) is 49.9 Å². The number of fused-ring (bicyclic) bond motifs is 1.